The van der Waals surface area contributed by atoms with Crippen molar-refractivity contribution in [1.82, 2.24) is 0 Å². The van der Waals surface area contributed by atoms with Crippen LogP contribution in [0.4, 0.5) is 18.9 Å². The molecule has 1 aromatic rings. The Balaban J connectivity index is 2.27. The van der Waals surface area contributed by atoms with Crippen LogP contribution < -0.4 is 10.6 Å². The minimum absolute atomic E-state index is 0.0902. The monoisotopic (exact) mass is 316 g/mol. The average Bonchev–Trinajstić information content (AvgIpc) is 2.45. The van der Waals surface area contributed by atoms with Crippen LogP contribution in [-0.4, -0.2) is 18.1 Å². The summed E-state index contributed by atoms with van der Waals surface area (Å²) in [7, 11) is 0. The van der Waals surface area contributed by atoms with Crippen molar-refractivity contribution in [3.05, 3.63) is 29.3 Å². The van der Waals surface area contributed by atoms with Crippen LogP contribution in [0.5, 0.6) is 0 Å². The molecule has 0 aromatic heterocycles. The molecule has 0 radical (unpaired) electrons. The predicted molar refractivity (Wildman–Crippen MR) is 82.6 cm³/mol. The Morgan fingerprint density at radius 1 is 1.33 bits per heavy atom. The Hall–Kier alpha value is -1.30. The van der Waals surface area contributed by atoms with Crippen LogP contribution in [0.2, 0.25) is 0 Å². The second-order valence-corrected chi connectivity index (χ2v) is 5.87. The van der Waals surface area contributed by atoms with Crippen molar-refractivity contribution in [3.8, 4) is 0 Å². The summed E-state index contributed by atoms with van der Waals surface area (Å²) in [5.41, 5.74) is 5.38. The van der Waals surface area contributed by atoms with E-state index in [0.717, 1.165) is 44.1 Å². The van der Waals surface area contributed by atoms with Crippen LogP contribution >= 0.6 is 12.2 Å². The molecule has 1 aliphatic rings. The van der Waals surface area contributed by atoms with Gasteiger partial charge in [0.25, 0.3) is 0 Å². The molecule has 2 rings (SSSR count). The first kappa shape index (κ1) is 16.1. The maximum Gasteiger partial charge on any atom is 0.417 e. The van der Waals surface area contributed by atoms with E-state index in [2.05, 4.69) is 11.8 Å². The molecule has 2 nitrogen and oxygen atoms in total. The predicted octanol–water partition coefficient (Wildman–Crippen LogP) is 3.97. The number of alkyl halides is 3. The lowest BCUT2D eigenvalue weighted by atomic mass is 9.94. The molecule has 1 fully saturated rings. The quantitative estimate of drug-likeness (QED) is 0.856. The lowest BCUT2D eigenvalue weighted by molar-refractivity contribution is -0.137. The number of hydrogen-bond acceptors (Lipinski definition) is 2. The molecule has 1 heterocycles. The highest BCUT2D eigenvalue weighted by atomic mass is 32.1. The highest BCUT2D eigenvalue weighted by Crippen LogP contribution is 2.35. The van der Waals surface area contributed by atoms with E-state index in [1.807, 2.05) is 0 Å². The first-order valence-corrected chi connectivity index (χ1v) is 7.49. The van der Waals surface area contributed by atoms with E-state index < -0.39 is 11.7 Å². The Labute approximate surface area is 128 Å². The zero-order chi connectivity index (χ0) is 15.6. The van der Waals surface area contributed by atoms with Gasteiger partial charge in [0, 0.05) is 24.3 Å². The third-order valence-electron chi connectivity index (χ3n) is 4.13. The first-order chi connectivity index (χ1) is 9.82. The van der Waals surface area contributed by atoms with E-state index in [9.17, 15) is 13.2 Å². The van der Waals surface area contributed by atoms with Gasteiger partial charge in [0.15, 0.2) is 0 Å². The molecule has 1 aliphatic heterocycles. The zero-order valence-corrected chi connectivity index (χ0v) is 12.7. The summed E-state index contributed by atoms with van der Waals surface area (Å²) in [5.74, 6) is 0.714. The van der Waals surface area contributed by atoms with Gasteiger partial charge in [0.1, 0.15) is 4.99 Å². The van der Waals surface area contributed by atoms with E-state index in [4.69, 9.17) is 18.0 Å². The van der Waals surface area contributed by atoms with Crippen molar-refractivity contribution in [2.75, 3.05) is 18.0 Å². The number of nitrogens with two attached hydrogens (primary N) is 1. The lowest BCUT2D eigenvalue weighted by Crippen LogP contribution is -2.33. The molecule has 1 aromatic carbocycles. The summed E-state index contributed by atoms with van der Waals surface area (Å²) in [6, 6.07) is 4.06. The van der Waals surface area contributed by atoms with Crippen molar-refractivity contribution < 1.29 is 13.2 Å². The smallest absolute Gasteiger partial charge is 0.389 e. The summed E-state index contributed by atoms with van der Waals surface area (Å²) >= 11 is 4.78. The van der Waals surface area contributed by atoms with Crippen LogP contribution in [0.25, 0.3) is 0 Å². The number of piperidine rings is 1. The molecular formula is C15H19F3N2S. The van der Waals surface area contributed by atoms with Crippen molar-refractivity contribution in [2.45, 2.75) is 32.4 Å². The molecule has 21 heavy (non-hydrogen) atoms. The first-order valence-electron chi connectivity index (χ1n) is 7.09. The van der Waals surface area contributed by atoms with Crippen molar-refractivity contribution in [1.29, 1.82) is 0 Å². The van der Waals surface area contributed by atoms with Crippen LogP contribution in [0.15, 0.2) is 18.2 Å². The van der Waals surface area contributed by atoms with Gasteiger partial charge in [-0.25, -0.2) is 0 Å². The van der Waals surface area contributed by atoms with E-state index in [-0.39, 0.29) is 10.6 Å². The molecular weight excluding hydrogens is 297 g/mol. The summed E-state index contributed by atoms with van der Waals surface area (Å²) in [4.78, 5) is 1.89. The van der Waals surface area contributed by atoms with Crippen molar-refractivity contribution >= 4 is 22.9 Å². The van der Waals surface area contributed by atoms with Crippen molar-refractivity contribution in [2.24, 2.45) is 11.7 Å². The number of rotatable bonds is 3. The lowest BCUT2D eigenvalue weighted by Gasteiger charge is -2.33. The molecule has 0 amide bonds. The number of anilines is 1. The number of halogens is 3. The maximum atomic E-state index is 13.0. The Morgan fingerprint density at radius 3 is 2.43 bits per heavy atom. The summed E-state index contributed by atoms with van der Waals surface area (Å²) in [5, 5.41) is 0. The highest BCUT2D eigenvalue weighted by molar-refractivity contribution is 7.80. The van der Waals surface area contributed by atoms with Crippen LogP contribution in [0, 0.1) is 5.92 Å². The van der Waals surface area contributed by atoms with Crippen LogP contribution in [-0.2, 0) is 6.18 Å². The average molecular weight is 316 g/mol. The molecule has 0 unspecified atom stereocenters. The van der Waals surface area contributed by atoms with Gasteiger partial charge in [-0.15, -0.1) is 0 Å². The molecule has 0 bridgehead atoms. The topological polar surface area (TPSA) is 29.3 Å². The van der Waals surface area contributed by atoms with Crippen molar-refractivity contribution in [3.63, 3.8) is 0 Å². The van der Waals surface area contributed by atoms with Gasteiger partial charge in [-0.05, 0) is 37.0 Å². The third-order valence-corrected chi connectivity index (χ3v) is 4.35. The van der Waals surface area contributed by atoms with Gasteiger partial charge in [-0.2, -0.15) is 13.2 Å². The molecule has 1 saturated heterocycles. The second kappa shape index (κ2) is 6.22. The normalized spacial score (nSPS) is 17.0. The van der Waals surface area contributed by atoms with Crippen LogP contribution in [0.1, 0.15) is 37.3 Å². The molecule has 6 heteroatoms. The number of thiocarbonyl (C=S) groups is 1. The van der Waals surface area contributed by atoms with Gasteiger partial charge >= 0.3 is 6.18 Å². The highest BCUT2D eigenvalue weighted by Gasteiger charge is 2.34. The number of nitrogens with zero attached hydrogens (tertiary/aromatic N) is 1. The standard InChI is InChI=1S/C15H19F3N2S/c1-2-10-5-7-20(8-6-10)11-3-4-13(15(16,17)18)12(9-11)14(19)21/h3-4,9-10H,2,5-8H2,1H3,(H2,19,21). The summed E-state index contributed by atoms with van der Waals surface area (Å²) < 4.78 is 38.9. The van der Waals surface area contributed by atoms with E-state index in [1.165, 1.54) is 12.1 Å². The molecule has 0 aliphatic carbocycles. The third kappa shape index (κ3) is 3.67. The number of benzene rings is 1. The summed E-state index contributed by atoms with van der Waals surface area (Å²) in [6.45, 7) is 3.89. The second-order valence-electron chi connectivity index (χ2n) is 5.43. The Kier molecular flexibility index (Phi) is 4.76. The van der Waals surface area contributed by atoms with Gasteiger partial charge < -0.3 is 10.6 Å². The zero-order valence-electron chi connectivity index (χ0n) is 11.9. The van der Waals surface area contributed by atoms with Crippen LogP contribution in [0.3, 0.4) is 0 Å². The van der Waals surface area contributed by atoms with Gasteiger partial charge in [0.2, 0.25) is 0 Å². The Morgan fingerprint density at radius 2 is 1.95 bits per heavy atom. The van der Waals surface area contributed by atoms with E-state index in [1.54, 1.807) is 0 Å². The molecule has 116 valence electrons. The van der Waals surface area contributed by atoms with E-state index >= 15 is 0 Å². The molecule has 2 N–H and O–H groups in total. The SMILES string of the molecule is CCC1CCN(c2ccc(C(F)(F)F)c(C(N)=S)c2)CC1. The minimum atomic E-state index is -4.44. The minimum Gasteiger partial charge on any atom is -0.389 e. The molecule has 0 saturated carbocycles. The molecule has 0 spiro atoms. The maximum absolute atomic E-state index is 13.0. The van der Waals surface area contributed by atoms with Gasteiger partial charge in [-0.1, -0.05) is 25.6 Å². The largest absolute Gasteiger partial charge is 0.417 e. The van der Waals surface area contributed by atoms with E-state index in [0.29, 0.717) is 5.92 Å². The fourth-order valence-electron chi connectivity index (χ4n) is 2.78. The number of hydrogen-bond donors (Lipinski definition) is 1. The Bertz CT molecular complexity index is 520. The molecule has 0 atom stereocenters. The summed E-state index contributed by atoms with van der Waals surface area (Å²) in [6.07, 6.45) is -1.15. The fraction of sp³-hybridized carbons (Fsp3) is 0.533. The van der Waals surface area contributed by atoms with Gasteiger partial charge in [0.05, 0.1) is 5.56 Å². The van der Waals surface area contributed by atoms with Gasteiger partial charge in [-0.3, -0.25) is 0 Å². The fourth-order valence-corrected chi connectivity index (χ4v) is 2.95.